The molecule has 2 heterocycles. The summed E-state index contributed by atoms with van der Waals surface area (Å²) in [6, 6.07) is 4.19. The lowest BCUT2D eigenvalue weighted by molar-refractivity contribution is 0.0969. The van der Waals surface area contributed by atoms with E-state index in [1.165, 1.54) is 6.20 Å². The third-order valence-electron chi connectivity index (χ3n) is 5.45. The van der Waals surface area contributed by atoms with E-state index in [1.807, 2.05) is 0 Å². The first-order valence-electron chi connectivity index (χ1n) is 9.28. The topological polar surface area (TPSA) is 116 Å². The molecule has 0 amide bonds. The maximum absolute atomic E-state index is 15.0. The molecule has 10 heteroatoms. The molecule has 1 atom stereocenters. The molecule has 1 aliphatic carbocycles. The van der Waals surface area contributed by atoms with Crippen LogP contribution in [-0.4, -0.2) is 29.5 Å². The van der Waals surface area contributed by atoms with E-state index in [0.717, 1.165) is 18.9 Å². The SMILES string of the molecule is Cl.N#CC(C#N)C(=O)c1cn(C2CC2)c2c(Cl)c(N3CCC(N)C3)c(F)cc2c1=O. The van der Waals surface area contributed by atoms with Crippen LogP contribution in [0.2, 0.25) is 5.02 Å². The number of hydrogen-bond acceptors (Lipinski definition) is 6. The van der Waals surface area contributed by atoms with Crippen molar-refractivity contribution < 1.29 is 9.18 Å². The van der Waals surface area contributed by atoms with E-state index in [-0.39, 0.29) is 46.2 Å². The lowest BCUT2D eigenvalue weighted by Crippen LogP contribution is -2.28. The van der Waals surface area contributed by atoms with Crippen LogP contribution in [0.1, 0.15) is 35.7 Å². The Morgan fingerprint density at radius 2 is 1.97 bits per heavy atom. The number of hydrogen-bond donors (Lipinski definition) is 1. The fourth-order valence-electron chi connectivity index (χ4n) is 3.83. The monoisotopic (exact) mass is 449 g/mol. The first kappa shape index (κ1) is 22.0. The van der Waals surface area contributed by atoms with Gasteiger partial charge < -0.3 is 15.2 Å². The molecule has 0 radical (unpaired) electrons. The van der Waals surface area contributed by atoms with Gasteiger partial charge in [0.05, 0.1) is 39.3 Å². The standard InChI is InChI=1S/C20H17ClFN5O2.ClH/c21-16-17-13(5-15(22)18(16)26-4-3-11(25)8-26)20(29)14(9-27(17)12-1-2-12)19(28)10(6-23)7-24;/h5,9-12H,1-4,8,25H2;1H. The molecule has 1 unspecified atom stereocenters. The van der Waals surface area contributed by atoms with Gasteiger partial charge >= 0.3 is 0 Å². The first-order chi connectivity index (χ1) is 13.9. The van der Waals surface area contributed by atoms with Crippen molar-refractivity contribution in [1.29, 1.82) is 10.5 Å². The molecule has 2 fully saturated rings. The van der Waals surface area contributed by atoms with Crippen LogP contribution in [-0.2, 0) is 0 Å². The van der Waals surface area contributed by atoms with Gasteiger partial charge in [0.1, 0.15) is 5.82 Å². The number of fused-ring (bicyclic) bond motifs is 1. The van der Waals surface area contributed by atoms with Crippen LogP contribution < -0.4 is 16.1 Å². The fourth-order valence-corrected chi connectivity index (χ4v) is 4.24. The second kappa shape index (κ2) is 8.23. The summed E-state index contributed by atoms with van der Waals surface area (Å²) in [5, 5.41) is 18.1. The number of halogens is 3. The maximum Gasteiger partial charge on any atom is 0.200 e. The Morgan fingerprint density at radius 3 is 2.50 bits per heavy atom. The van der Waals surface area contributed by atoms with Crippen LogP contribution in [0.4, 0.5) is 10.1 Å². The third kappa shape index (κ3) is 3.52. The van der Waals surface area contributed by atoms with E-state index in [2.05, 4.69) is 0 Å². The van der Waals surface area contributed by atoms with Gasteiger partial charge in [-0.1, -0.05) is 11.6 Å². The van der Waals surface area contributed by atoms with Gasteiger partial charge in [-0.05, 0) is 25.3 Å². The van der Waals surface area contributed by atoms with Crippen molar-refractivity contribution in [3.8, 4) is 12.1 Å². The Labute approximate surface area is 182 Å². The van der Waals surface area contributed by atoms with E-state index in [4.69, 9.17) is 27.9 Å². The molecule has 1 saturated heterocycles. The predicted molar refractivity (Wildman–Crippen MR) is 113 cm³/mol. The van der Waals surface area contributed by atoms with Gasteiger partial charge in [-0.25, -0.2) is 4.39 Å². The number of benzene rings is 1. The number of rotatable bonds is 4. The number of pyridine rings is 1. The Bertz CT molecular complexity index is 1170. The van der Waals surface area contributed by atoms with Crippen molar-refractivity contribution in [2.75, 3.05) is 18.0 Å². The van der Waals surface area contributed by atoms with Gasteiger partial charge in [0.2, 0.25) is 0 Å². The Hall–Kier alpha value is -2.65. The zero-order valence-corrected chi connectivity index (χ0v) is 17.3. The molecule has 1 saturated carbocycles. The van der Waals surface area contributed by atoms with Crippen molar-refractivity contribution in [3.63, 3.8) is 0 Å². The summed E-state index contributed by atoms with van der Waals surface area (Å²) in [6.07, 6.45) is 3.71. The number of nitrogens with zero attached hydrogens (tertiary/aromatic N) is 4. The summed E-state index contributed by atoms with van der Waals surface area (Å²) in [4.78, 5) is 27.3. The quantitative estimate of drug-likeness (QED) is 0.717. The molecule has 4 rings (SSSR count). The van der Waals surface area contributed by atoms with E-state index in [0.29, 0.717) is 25.0 Å². The molecule has 0 bridgehead atoms. The average molecular weight is 450 g/mol. The second-order valence-electron chi connectivity index (χ2n) is 7.48. The largest absolute Gasteiger partial charge is 0.366 e. The predicted octanol–water partition coefficient (Wildman–Crippen LogP) is 2.93. The lowest BCUT2D eigenvalue weighted by Gasteiger charge is -2.23. The van der Waals surface area contributed by atoms with Crippen LogP contribution in [0.5, 0.6) is 0 Å². The molecule has 156 valence electrons. The summed E-state index contributed by atoms with van der Waals surface area (Å²) >= 11 is 6.60. The fraction of sp³-hybridized carbons (Fsp3) is 0.400. The van der Waals surface area contributed by atoms with Crippen LogP contribution in [0.25, 0.3) is 10.9 Å². The summed E-state index contributed by atoms with van der Waals surface area (Å²) in [5.41, 5.74) is 5.47. The molecule has 2 aromatic rings. The van der Waals surface area contributed by atoms with Crippen molar-refractivity contribution in [2.45, 2.75) is 31.3 Å². The minimum absolute atomic E-state index is 0. The van der Waals surface area contributed by atoms with Gasteiger partial charge in [0.25, 0.3) is 0 Å². The summed E-state index contributed by atoms with van der Waals surface area (Å²) in [6.45, 7) is 1.01. The highest BCUT2D eigenvalue weighted by molar-refractivity contribution is 6.38. The third-order valence-corrected chi connectivity index (χ3v) is 5.81. The second-order valence-corrected chi connectivity index (χ2v) is 7.86. The highest BCUT2D eigenvalue weighted by Gasteiger charge is 2.32. The first-order valence-corrected chi connectivity index (χ1v) is 9.66. The Morgan fingerprint density at radius 1 is 1.30 bits per heavy atom. The van der Waals surface area contributed by atoms with Crippen LogP contribution in [0, 0.1) is 34.4 Å². The molecule has 1 aliphatic heterocycles. The van der Waals surface area contributed by atoms with E-state index in [1.54, 1.807) is 21.6 Å². The minimum Gasteiger partial charge on any atom is -0.366 e. The minimum atomic E-state index is -1.60. The van der Waals surface area contributed by atoms with Gasteiger partial charge in [-0.2, -0.15) is 10.5 Å². The van der Waals surface area contributed by atoms with Gasteiger partial charge in [0.15, 0.2) is 17.1 Å². The zero-order valence-electron chi connectivity index (χ0n) is 15.8. The van der Waals surface area contributed by atoms with Gasteiger partial charge in [-0.3, -0.25) is 9.59 Å². The molecule has 2 aliphatic rings. The summed E-state index contributed by atoms with van der Waals surface area (Å²) < 4.78 is 16.7. The highest BCUT2D eigenvalue weighted by atomic mass is 35.5. The number of carbonyl (C=O) groups excluding carboxylic acids is 1. The maximum atomic E-state index is 15.0. The van der Waals surface area contributed by atoms with Crippen molar-refractivity contribution >= 4 is 46.4 Å². The van der Waals surface area contributed by atoms with E-state index in [9.17, 15) is 9.59 Å². The number of ketones is 1. The zero-order chi connectivity index (χ0) is 20.9. The van der Waals surface area contributed by atoms with Gasteiger partial charge in [-0.15, -0.1) is 12.4 Å². The van der Waals surface area contributed by atoms with Crippen LogP contribution >= 0.6 is 24.0 Å². The van der Waals surface area contributed by atoms with Crippen molar-refractivity contribution in [3.05, 3.63) is 38.9 Å². The Kier molecular flexibility index (Phi) is 6.05. The number of nitrogens with two attached hydrogens (primary N) is 1. The molecule has 30 heavy (non-hydrogen) atoms. The number of aromatic nitrogens is 1. The molecule has 2 N–H and O–H groups in total. The lowest BCUT2D eigenvalue weighted by atomic mass is 9.99. The highest BCUT2D eigenvalue weighted by Crippen LogP contribution is 2.42. The van der Waals surface area contributed by atoms with E-state index >= 15 is 4.39 Å². The molecule has 0 spiro atoms. The number of anilines is 1. The average Bonchev–Trinajstić information content (AvgIpc) is 3.45. The smallest absolute Gasteiger partial charge is 0.200 e. The normalized spacial score (nSPS) is 18.2. The van der Waals surface area contributed by atoms with Crippen LogP contribution in [0.3, 0.4) is 0 Å². The molecule has 7 nitrogen and oxygen atoms in total. The number of nitriles is 2. The number of carbonyl (C=O) groups is 1. The Balaban J connectivity index is 0.00000256. The summed E-state index contributed by atoms with van der Waals surface area (Å²) in [7, 11) is 0. The molecule has 1 aromatic heterocycles. The molecule has 1 aromatic carbocycles. The van der Waals surface area contributed by atoms with Crippen LogP contribution in [0.15, 0.2) is 17.1 Å². The van der Waals surface area contributed by atoms with E-state index < -0.39 is 22.9 Å². The molecular formula is C20H18Cl2FN5O2. The van der Waals surface area contributed by atoms with Crippen molar-refractivity contribution in [1.82, 2.24) is 4.57 Å². The van der Waals surface area contributed by atoms with Crippen molar-refractivity contribution in [2.24, 2.45) is 11.7 Å². The summed E-state index contributed by atoms with van der Waals surface area (Å²) in [5.74, 6) is -3.15. The molecular weight excluding hydrogens is 432 g/mol. The van der Waals surface area contributed by atoms with Gasteiger partial charge in [0, 0.05) is 31.4 Å². The number of Topliss-reactive ketones (excluding diaryl/α,β-unsaturated/α-hetero) is 1.